The van der Waals surface area contributed by atoms with Crippen LogP contribution >= 0.6 is 0 Å². The molecule has 3 nitrogen and oxygen atoms in total. The first-order chi connectivity index (χ1) is 6.99. The van der Waals surface area contributed by atoms with Crippen LogP contribution in [0.25, 0.3) is 0 Å². The molecule has 0 aromatic heterocycles. The second-order valence-corrected chi connectivity index (χ2v) is 6.39. The van der Waals surface area contributed by atoms with E-state index in [4.69, 9.17) is 10.8 Å². The molecule has 4 rings (SSSR count). The van der Waals surface area contributed by atoms with Crippen molar-refractivity contribution in [2.24, 2.45) is 23.0 Å². The summed E-state index contributed by atoms with van der Waals surface area (Å²) in [6, 6.07) is 0. The Labute approximate surface area is 90.0 Å². The molecule has 4 atom stereocenters. The first-order valence-corrected chi connectivity index (χ1v) is 5.99. The van der Waals surface area contributed by atoms with Crippen LogP contribution < -0.4 is 5.73 Å². The van der Waals surface area contributed by atoms with Gasteiger partial charge in [0.15, 0.2) is 0 Å². The van der Waals surface area contributed by atoms with Crippen molar-refractivity contribution in [3.05, 3.63) is 0 Å². The Balaban J connectivity index is 1.89. The summed E-state index contributed by atoms with van der Waals surface area (Å²) in [5, 5.41) is 9.02. The number of carbonyl (C=O) groups is 1. The van der Waals surface area contributed by atoms with Gasteiger partial charge in [-0.1, -0.05) is 0 Å². The van der Waals surface area contributed by atoms with E-state index in [2.05, 4.69) is 0 Å². The molecule has 0 aliphatic heterocycles. The third-order valence-corrected chi connectivity index (χ3v) is 4.75. The minimum absolute atomic E-state index is 0.0144. The van der Waals surface area contributed by atoms with E-state index < -0.39 is 5.97 Å². The SMILES string of the molecule is NC12C[C@H]3C[C@@H](C1)CC(CC(=O)O)(C3)C2. The predicted molar refractivity (Wildman–Crippen MR) is 56.3 cm³/mol. The Morgan fingerprint density at radius 3 is 2.33 bits per heavy atom. The summed E-state index contributed by atoms with van der Waals surface area (Å²) in [6.07, 6.45) is 7.14. The fraction of sp³-hybridized carbons (Fsp3) is 0.917. The van der Waals surface area contributed by atoms with Gasteiger partial charge in [-0.2, -0.15) is 0 Å². The van der Waals surface area contributed by atoms with E-state index in [1.54, 1.807) is 0 Å². The third-order valence-electron chi connectivity index (χ3n) is 4.75. The zero-order valence-electron chi connectivity index (χ0n) is 9.04. The van der Waals surface area contributed by atoms with Gasteiger partial charge in [-0.05, 0) is 55.8 Å². The molecule has 84 valence electrons. The molecule has 0 saturated heterocycles. The summed E-state index contributed by atoms with van der Waals surface area (Å²) in [6.45, 7) is 0. The summed E-state index contributed by atoms with van der Waals surface area (Å²) in [5.41, 5.74) is 6.43. The van der Waals surface area contributed by atoms with Crippen molar-refractivity contribution in [2.45, 2.75) is 50.5 Å². The molecule has 4 bridgehead atoms. The van der Waals surface area contributed by atoms with E-state index in [0.29, 0.717) is 6.42 Å². The van der Waals surface area contributed by atoms with Crippen LogP contribution in [-0.2, 0) is 4.79 Å². The fourth-order valence-corrected chi connectivity index (χ4v) is 5.05. The maximum absolute atomic E-state index is 10.9. The highest BCUT2D eigenvalue weighted by molar-refractivity contribution is 5.67. The highest BCUT2D eigenvalue weighted by Crippen LogP contribution is 2.61. The quantitative estimate of drug-likeness (QED) is 0.728. The van der Waals surface area contributed by atoms with Gasteiger partial charge in [0.25, 0.3) is 0 Å². The van der Waals surface area contributed by atoms with E-state index in [9.17, 15) is 4.79 Å². The molecule has 4 aliphatic rings. The number of nitrogens with two attached hydrogens (primary N) is 1. The molecular weight excluding hydrogens is 190 g/mol. The summed E-state index contributed by atoms with van der Waals surface area (Å²) in [5.74, 6) is 0.798. The van der Waals surface area contributed by atoms with Crippen molar-refractivity contribution in [3.63, 3.8) is 0 Å². The van der Waals surface area contributed by atoms with E-state index in [0.717, 1.165) is 43.9 Å². The van der Waals surface area contributed by atoms with Gasteiger partial charge >= 0.3 is 5.97 Å². The topological polar surface area (TPSA) is 63.3 Å². The molecule has 0 aromatic carbocycles. The standard InChI is InChI=1S/C12H19NO2/c13-12-4-8-1-9(5-12)3-11(2-8,7-12)6-10(14)15/h8-9H,1-7,13H2,(H,14,15)/t8-,9+,11?,12?. The van der Waals surface area contributed by atoms with Crippen molar-refractivity contribution in [1.29, 1.82) is 0 Å². The van der Waals surface area contributed by atoms with Gasteiger partial charge < -0.3 is 10.8 Å². The summed E-state index contributed by atoms with van der Waals surface area (Å²) < 4.78 is 0. The largest absolute Gasteiger partial charge is 0.481 e. The third kappa shape index (κ3) is 1.48. The van der Waals surface area contributed by atoms with Crippen LogP contribution in [0.4, 0.5) is 0 Å². The first kappa shape index (κ1) is 9.64. The Bertz CT molecular complexity index is 299. The van der Waals surface area contributed by atoms with Gasteiger partial charge in [-0.3, -0.25) is 4.79 Å². The molecule has 0 amide bonds. The lowest BCUT2D eigenvalue weighted by Gasteiger charge is -2.60. The molecule has 4 saturated carbocycles. The van der Waals surface area contributed by atoms with Gasteiger partial charge in [-0.25, -0.2) is 0 Å². The minimum atomic E-state index is -0.638. The molecule has 4 aliphatic carbocycles. The average molecular weight is 209 g/mol. The molecular formula is C12H19NO2. The average Bonchev–Trinajstić information content (AvgIpc) is 1.94. The predicted octanol–water partition coefficient (Wildman–Crippen LogP) is 1.76. The molecule has 0 radical (unpaired) electrons. The molecule has 0 spiro atoms. The highest BCUT2D eigenvalue weighted by atomic mass is 16.4. The molecule has 3 heteroatoms. The van der Waals surface area contributed by atoms with Crippen LogP contribution in [0.2, 0.25) is 0 Å². The van der Waals surface area contributed by atoms with Crippen molar-refractivity contribution in [3.8, 4) is 0 Å². The van der Waals surface area contributed by atoms with Crippen LogP contribution in [0.1, 0.15) is 44.9 Å². The number of carboxylic acids is 1. The first-order valence-electron chi connectivity index (χ1n) is 5.99. The molecule has 4 fully saturated rings. The lowest BCUT2D eigenvalue weighted by atomic mass is 9.46. The molecule has 0 heterocycles. The summed E-state index contributed by atoms with van der Waals surface area (Å²) in [7, 11) is 0. The van der Waals surface area contributed by atoms with E-state index in [1.807, 2.05) is 0 Å². The lowest BCUT2D eigenvalue weighted by Crippen LogP contribution is -2.60. The number of hydrogen-bond donors (Lipinski definition) is 2. The molecule has 0 aromatic rings. The van der Waals surface area contributed by atoms with Crippen molar-refractivity contribution >= 4 is 5.97 Å². The van der Waals surface area contributed by atoms with Gasteiger partial charge in [0, 0.05) is 5.54 Å². The van der Waals surface area contributed by atoms with E-state index >= 15 is 0 Å². The minimum Gasteiger partial charge on any atom is -0.481 e. The molecule has 2 unspecified atom stereocenters. The van der Waals surface area contributed by atoms with Crippen molar-refractivity contribution in [2.75, 3.05) is 0 Å². The molecule has 3 N–H and O–H groups in total. The maximum Gasteiger partial charge on any atom is 0.303 e. The van der Waals surface area contributed by atoms with Crippen LogP contribution in [0, 0.1) is 17.3 Å². The monoisotopic (exact) mass is 209 g/mol. The van der Waals surface area contributed by atoms with E-state index in [1.165, 1.54) is 6.42 Å². The normalized spacial score (nSPS) is 52.1. The van der Waals surface area contributed by atoms with Gasteiger partial charge in [-0.15, -0.1) is 0 Å². The van der Waals surface area contributed by atoms with Gasteiger partial charge in [0.2, 0.25) is 0 Å². The zero-order valence-corrected chi connectivity index (χ0v) is 9.04. The number of aliphatic carboxylic acids is 1. The second-order valence-electron chi connectivity index (χ2n) is 6.39. The Morgan fingerprint density at radius 2 is 1.87 bits per heavy atom. The smallest absolute Gasteiger partial charge is 0.303 e. The summed E-state index contributed by atoms with van der Waals surface area (Å²) >= 11 is 0. The van der Waals surface area contributed by atoms with Crippen LogP contribution in [-0.4, -0.2) is 16.6 Å². The summed E-state index contributed by atoms with van der Waals surface area (Å²) in [4.78, 5) is 10.9. The Kier molecular flexibility index (Phi) is 1.77. The highest BCUT2D eigenvalue weighted by Gasteiger charge is 2.56. The number of hydrogen-bond acceptors (Lipinski definition) is 2. The van der Waals surface area contributed by atoms with Gasteiger partial charge in [0.1, 0.15) is 0 Å². The number of carboxylic acid groups (broad SMARTS) is 1. The lowest BCUT2D eigenvalue weighted by molar-refractivity contribution is -0.146. The van der Waals surface area contributed by atoms with Crippen LogP contribution in [0.5, 0.6) is 0 Å². The van der Waals surface area contributed by atoms with Crippen molar-refractivity contribution in [1.82, 2.24) is 0 Å². The Hall–Kier alpha value is -0.570. The van der Waals surface area contributed by atoms with E-state index in [-0.39, 0.29) is 11.0 Å². The van der Waals surface area contributed by atoms with Gasteiger partial charge in [0.05, 0.1) is 6.42 Å². The van der Waals surface area contributed by atoms with Crippen LogP contribution in [0.15, 0.2) is 0 Å². The molecule has 15 heavy (non-hydrogen) atoms. The van der Waals surface area contributed by atoms with Crippen LogP contribution in [0.3, 0.4) is 0 Å². The maximum atomic E-state index is 10.9. The fourth-order valence-electron chi connectivity index (χ4n) is 5.05. The second kappa shape index (κ2) is 2.76. The number of rotatable bonds is 2. The Morgan fingerprint density at radius 1 is 1.27 bits per heavy atom. The van der Waals surface area contributed by atoms with Crippen molar-refractivity contribution < 1.29 is 9.90 Å². The zero-order chi connectivity index (χ0) is 10.7.